The van der Waals surface area contributed by atoms with Gasteiger partial charge in [0, 0.05) is 0 Å². The van der Waals surface area contributed by atoms with Crippen molar-refractivity contribution in [3.63, 3.8) is 0 Å². The first kappa shape index (κ1) is 17.8. The number of carboxylic acid groups (broad SMARTS) is 1. The van der Waals surface area contributed by atoms with Crippen molar-refractivity contribution in [1.29, 1.82) is 0 Å². The van der Waals surface area contributed by atoms with Gasteiger partial charge in [0.15, 0.2) is 0 Å². The van der Waals surface area contributed by atoms with Crippen LogP contribution >= 0.6 is 0 Å². The molecule has 0 aromatic carbocycles. The Morgan fingerprint density at radius 1 is 1.33 bits per heavy atom. The summed E-state index contributed by atoms with van der Waals surface area (Å²) in [6, 6.07) is 0. The summed E-state index contributed by atoms with van der Waals surface area (Å²) in [5, 5.41) is 29.9. The third-order valence-electron chi connectivity index (χ3n) is 0.243. The molecular weight excluding hydrogens is 179 g/mol. The van der Waals surface area contributed by atoms with Crippen LogP contribution in [0.3, 0.4) is 0 Å². The number of carbonyl (C=O) groups is 1. The van der Waals surface area contributed by atoms with Crippen LogP contribution in [0.15, 0.2) is 0 Å². The van der Waals surface area contributed by atoms with Crippen LogP contribution in [0, 0.1) is 0 Å². The fourth-order valence-electron chi connectivity index (χ4n) is 0. The smallest absolute Gasteiger partial charge is 0.832 e. The van der Waals surface area contributed by atoms with E-state index in [1.165, 1.54) is 0 Å². The molecule has 10 heteroatoms. The fourth-order valence-corrected chi connectivity index (χ4v) is 0. The van der Waals surface area contributed by atoms with Crippen molar-refractivity contribution in [2.45, 2.75) is 6.18 Å². The topological polar surface area (TPSA) is 101 Å². The molecule has 0 radical (unpaired) electrons. The molecule has 0 bridgehead atoms. The number of hydrogen-bond donors (Lipinski definition) is 3. The van der Waals surface area contributed by atoms with Crippen LogP contribution in [0.25, 0.3) is 0 Å². The van der Waals surface area contributed by atoms with Gasteiger partial charge in [0.2, 0.25) is 0 Å². The summed E-state index contributed by atoms with van der Waals surface area (Å²) in [7, 11) is -2.42. The van der Waals surface area contributed by atoms with Gasteiger partial charge in [0.05, 0.1) is 0 Å². The molecular formula is C2H3BF3LiO5. The molecule has 0 amide bonds. The molecule has 12 heavy (non-hydrogen) atoms. The van der Waals surface area contributed by atoms with E-state index in [1.807, 2.05) is 0 Å². The Kier molecular flexibility index (Phi) is 11.0. The van der Waals surface area contributed by atoms with Crippen molar-refractivity contribution in [1.82, 2.24) is 0 Å². The van der Waals surface area contributed by atoms with E-state index in [4.69, 9.17) is 25.0 Å². The first-order valence-electron chi connectivity index (χ1n) is 2.00. The van der Waals surface area contributed by atoms with E-state index in [1.54, 1.807) is 0 Å². The van der Waals surface area contributed by atoms with Gasteiger partial charge in [-0.05, 0) is 0 Å². The number of carboxylic acids is 1. The molecule has 0 aliphatic carbocycles. The van der Waals surface area contributed by atoms with Crippen molar-refractivity contribution in [2.24, 2.45) is 0 Å². The van der Waals surface area contributed by atoms with Gasteiger partial charge in [0.25, 0.3) is 0 Å². The minimum Gasteiger partial charge on any atom is -0.832 e. The monoisotopic (exact) mass is 182 g/mol. The van der Waals surface area contributed by atoms with Crippen LogP contribution in [0.4, 0.5) is 13.2 Å². The molecule has 0 atom stereocenters. The van der Waals surface area contributed by atoms with E-state index in [0.717, 1.165) is 0 Å². The largest absolute Gasteiger partial charge is 1.00 e. The molecule has 0 rings (SSSR count). The summed E-state index contributed by atoms with van der Waals surface area (Å²) in [5.41, 5.74) is 0. The summed E-state index contributed by atoms with van der Waals surface area (Å²) in [5.74, 6) is -2.76. The Morgan fingerprint density at radius 2 is 1.42 bits per heavy atom. The predicted octanol–water partition coefficient (Wildman–Crippen LogP) is -5.05. The van der Waals surface area contributed by atoms with Crippen LogP contribution in [-0.4, -0.2) is 34.6 Å². The van der Waals surface area contributed by atoms with Gasteiger partial charge in [-0.15, -0.1) is 0 Å². The van der Waals surface area contributed by atoms with E-state index in [2.05, 4.69) is 0 Å². The Morgan fingerprint density at radius 3 is 1.42 bits per heavy atom. The summed E-state index contributed by atoms with van der Waals surface area (Å²) in [6.45, 7) is 0. The van der Waals surface area contributed by atoms with E-state index >= 15 is 0 Å². The standard InChI is InChI=1S/C2HF3O2.BH2O3.Li/c3-2(4,5)1(6)7;2-1(3)4;/h(H,6,7);2-3H;/q;-1;+1. The molecule has 66 valence electrons. The summed E-state index contributed by atoms with van der Waals surface area (Å²) in [4.78, 5) is 8.90. The molecule has 0 saturated carbocycles. The number of hydrogen-bond acceptors (Lipinski definition) is 4. The second-order valence-corrected chi connectivity index (χ2v) is 1.13. The van der Waals surface area contributed by atoms with Gasteiger partial charge in [0.1, 0.15) is 0 Å². The minimum absolute atomic E-state index is 0. The molecule has 0 aliphatic rings. The average Bonchev–Trinajstić information content (AvgIpc) is 1.59. The van der Waals surface area contributed by atoms with E-state index in [0.29, 0.717) is 0 Å². The van der Waals surface area contributed by atoms with Crippen molar-refractivity contribution >= 4 is 13.3 Å². The third-order valence-corrected chi connectivity index (χ3v) is 0.243. The Labute approximate surface area is 77.2 Å². The minimum atomic E-state index is -5.08. The van der Waals surface area contributed by atoms with E-state index < -0.39 is 19.5 Å². The van der Waals surface area contributed by atoms with Crippen molar-refractivity contribution in [3.8, 4) is 0 Å². The maximum absolute atomic E-state index is 10.6. The normalized spacial score (nSPS) is 8.83. The first-order valence-corrected chi connectivity index (χ1v) is 2.00. The Bertz CT molecular complexity index is 124. The number of rotatable bonds is 0. The fraction of sp³-hybridized carbons (Fsp3) is 0.500. The van der Waals surface area contributed by atoms with Gasteiger partial charge in [-0.2, -0.15) is 13.2 Å². The number of aliphatic carboxylic acids is 1. The summed E-state index contributed by atoms with van der Waals surface area (Å²) < 4.78 is 31.7. The number of alkyl halides is 3. The zero-order valence-electron chi connectivity index (χ0n) is 5.87. The van der Waals surface area contributed by atoms with Crippen LogP contribution in [-0.2, 0) is 4.79 Å². The molecule has 0 heterocycles. The van der Waals surface area contributed by atoms with Crippen LogP contribution in [0.1, 0.15) is 0 Å². The molecule has 5 nitrogen and oxygen atoms in total. The molecule has 0 fully saturated rings. The van der Waals surface area contributed by atoms with Gasteiger partial charge in [-0.25, -0.2) is 4.79 Å². The zero-order chi connectivity index (χ0) is 9.65. The second kappa shape index (κ2) is 7.45. The summed E-state index contributed by atoms with van der Waals surface area (Å²) in [6.07, 6.45) is -5.08. The summed E-state index contributed by atoms with van der Waals surface area (Å²) >= 11 is 0. The molecule has 0 aromatic rings. The first-order chi connectivity index (χ1) is 4.68. The second-order valence-electron chi connectivity index (χ2n) is 1.13. The molecule has 0 unspecified atom stereocenters. The third kappa shape index (κ3) is 22.6. The van der Waals surface area contributed by atoms with Gasteiger partial charge in [-0.3, -0.25) is 0 Å². The van der Waals surface area contributed by atoms with Crippen molar-refractivity contribution in [2.75, 3.05) is 0 Å². The molecule has 0 saturated heterocycles. The predicted molar refractivity (Wildman–Crippen MR) is 23.9 cm³/mol. The molecule has 3 N–H and O–H groups in total. The quantitative estimate of drug-likeness (QED) is 0.325. The van der Waals surface area contributed by atoms with E-state index in [-0.39, 0.29) is 18.9 Å². The SMILES string of the molecule is O=C(O)C(F)(F)F.[Li+].[O-]B(O)O. The number of halogens is 3. The maximum Gasteiger partial charge on any atom is 1.00 e. The average molecular weight is 182 g/mol. The maximum atomic E-state index is 10.6. The van der Waals surface area contributed by atoms with Crippen LogP contribution in [0.2, 0.25) is 0 Å². The van der Waals surface area contributed by atoms with Gasteiger partial charge < -0.3 is 20.2 Å². The Hall–Kier alpha value is -0.198. The Balaban J connectivity index is -0.000000142. The van der Waals surface area contributed by atoms with Crippen LogP contribution in [0.5, 0.6) is 0 Å². The zero-order valence-corrected chi connectivity index (χ0v) is 5.87. The molecule has 0 aliphatic heterocycles. The van der Waals surface area contributed by atoms with Gasteiger partial charge in [-0.1, -0.05) is 0 Å². The van der Waals surface area contributed by atoms with Crippen LogP contribution < -0.4 is 23.9 Å². The molecule has 0 aromatic heterocycles. The van der Waals surface area contributed by atoms with E-state index in [9.17, 15) is 13.2 Å². The van der Waals surface area contributed by atoms with Crippen molar-refractivity contribution < 1.29 is 57.0 Å². The van der Waals surface area contributed by atoms with Gasteiger partial charge >= 0.3 is 38.3 Å². The van der Waals surface area contributed by atoms with Crippen molar-refractivity contribution in [3.05, 3.63) is 0 Å². The molecule has 0 spiro atoms.